The van der Waals surface area contributed by atoms with Crippen LogP contribution in [-0.4, -0.2) is 51.1 Å². The van der Waals surface area contributed by atoms with Crippen molar-refractivity contribution in [1.82, 2.24) is 4.98 Å². The standard InChI is InChI=1S/C24H33F2N5OSi/c1-17-14-21(28-22(15-17)31-8-6-24(25,26)7-9-31)29-23(32)19-5-4-18(27)16-20(19)30-10-12-33(2,3)13-11-30/h4-5,14-16H,6-13,27H2,1-3H3,(H,28,29,32)/q-1. The smallest absolute Gasteiger partial charge is 0.258 e. The fraction of sp³-hybridized carbons (Fsp3) is 0.500. The molecule has 2 saturated heterocycles. The number of aryl methyl sites for hydroxylation is 1. The Hall–Kier alpha value is -2.68. The molecule has 3 N–H and O–H groups in total. The highest BCUT2D eigenvalue weighted by Crippen LogP contribution is 2.32. The highest BCUT2D eigenvalue weighted by atomic mass is 28.3. The first kappa shape index (κ1) is 23.5. The number of nitrogens with one attached hydrogen (secondary N) is 1. The van der Waals surface area contributed by atoms with Gasteiger partial charge in [-0.25, -0.2) is 13.8 Å². The first-order valence-corrected chi connectivity index (χ1v) is 15.0. The number of hydrogen-bond donors (Lipinski definition) is 2. The summed E-state index contributed by atoms with van der Waals surface area (Å²) in [6.07, 6.45) is -0.372. The van der Waals surface area contributed by atoms with Crippen molar-refractivity contribution in [2.24, 2.45) is 0 Å². The Morgan fingerprint density at radius 3 is 2.39 bits per heavy atom. The molecular weight excluding hydrogens is 440 g/mol. The number of piperidine rings is 1. The van der Waals surface area contributed by atoms with Crippen LogP contribution in [0.3, 0.4) is 0 Å². The lowest BCUT2D eigenvalue weighted by atomic mass is 10.1. The molecular formula is C24H33F2N5OSi-. The minimum atomic E-state index is -2.62. The Labute approximate surface area is 195 Å². The first-order valence-electron chi connectivity index (χ1n) is 11.6. The number of pyridine rings is 1. The van der Waals surface area contributed by atoms with E-state index < -0.39 is 14.0 Å². The van der Waals surface area contributed by atoms with Crippen LogP contribution in [0.5, 0.6) is 0 Å². The lowest BCUT2D eigenvalue weighted by Crippen LogP contribution is -2.43. The van der Waals surface area contributed by atoms with Crippen LogP contribution < -0.4 is 20.9 Å². The van der Waals surface area contributed by atoms with Gasteiger partial charge in [-0.3, -0.25) is 4.79 Å². The molecule has 179 valence electrons. The Morgan fingerprint density at radius 1 is 1.06 bits per heavy atom. The number of aromatic nitrogens is 1. The molecule has 9 heteroatoms. The van der Waals surface area contributed by atoms with Crippen molar-refractivity contribution in [2.45, 2.75) is 50.9 Å². The molecule has 1 aromatic carbocycles. The van der Waals surface area contributed by atoms with E-state index in [1.54, 1.807) is 18.2 Å². The minimum Gasteiger partial charge on any atom is -0.399 e. The highest BCUT2D eigenvalue weighted by molar-refractivity contribution is 6.77. The number of rotatable bonds is 4. The lowest BCUT2D eigenvalue weighted by molar-refractivity contribution is -0.0221. The molecule has 0 aliphatic carbocycles. The normalized spacial score (nSPS) is 19.9. The third kappa shape index (κ3) is 5.63. The van der Waals surface area contributed by atoms with E-state index in [0.29, 0.717) is 22.9 Å². The molecule has 0 saturated carbocycles. The van der Waals surface area contributed by atoms with Gasteiger partial charge in [0.1, 0.15) is 11.6 Å². The average Bonchev–Trinajstić information content (AvgIpc) is 2.73. The number of halogens is 2. The van der Waals surface area contributed by atoms with Crippen LogP contribution in [0.1, 0.15) is 28.8 Å². The van der Waals surface area contributed by atoms with Gasteiger partial charge in [-0.1, -0.05) is 0 Å². The van der Waals surface area contributed by atoms with Gasteiger partial charge in [0.2, 0.25) is 0 Å². The van der Waals surface area contributed by atoms with Gasteiger partial charge in [-0.2, -0.15) is 13.1 Å². The summed E-state index contributed by atoms with van der Waals surface area (Å²) in [6.45, 7) is 9.06. The van der Waals surface area contributed by atoms with Gasteiger partial charge in [0.05, 0.1) is 11.3 Å². The number of amides is 1. The number of nitrogens with two attached hydrogens (primary N) is 1. The van der Waals surface area contributed by atoms with Gasteiger partial charge < -0.3 is 20.9 Å². The van der Waals surface area contributed by atoms with Gasteiger partial charge in [0, 0.05) is 31.6 Å². The van der Waals surface area contributed by atoms with Crippen molar-refractivity contribution < 1.29 is 13.6 Å². The quantitative estimate of drug-likeness (QED) is 0.483. The second-order valence-corrected chi connectivity index (χ2v) is 15.4. The molecule has 2 aliphatic heterocycles. The summed E-state index contributed by atoms with van der Waals surface area (Å²) < 4.78 is 27.1. The molecule has 0 atom stereocenters. The highest BCUT2D eigenvalue weighted by Gasteiger charge is 2.34. The topological polar surface area (TPSA) is 74.5 Å². The van der Waals surface area contributed by atoms with E-state index in [4.69, 9.17) is 5.73 Å². The maximum Gasteiger partial charge on any atom is 0.258 e. The van der Waals surface area contributed by atoms with Crippen molar-refractivity contribution in [1.29, 1.82) is 0 Å². The Balaban J connectivity index is 1.54. The molecule has 1 aromatic heterocycles. The molecule has 0 spiro atoms. The number of benzene rings is 1. The summed E-state index contributed by atoms with van der Waals surface area (Å²) in [5.41, 5.74) is 9.01. The van der Waals surface area contributed by atoms with Crippen molar-refractivity contribution in [3.63, 3.8) is 0 Å². The minimum absolute atomic E-state index is 0.186. The molecule has 4 rings (SSSR count). The van der Waals surface area contributed by atoms with Crippen LogP contribution in [0.15, 0.2) is 30.3 Å². The van der Waals surface area contributed by atoms with Gasteiger partial charge in [-0.15, -0.1) is 20.2 Å². The third-order valence-electron chi connectivity index (χ3n) is 6.74. The zero-order chi connectivity index (χ0) is 23.8. The molecule has 0 unspecified atom stereocenters. The van der Waals surface area contributed by atoms with Crippen LogP contribution in [0.2, 0.25) is 25.2 Å². The SMILES string of the molecule is Cc1cc(NC(=O)c2ccc(N)cc2N2CC[Si-](C)(C)CC2)nc(N2CCC(F)(F)CC2)c1. The van der Waals surface area contributed by atoms with Gasteiger partial charge in [-0.05, 0) is 55.9 Å². The summed E-state index contributed by atoms with van der Waals surface area (Å²) >= 11 is 0. The van der Waals surface area contributed by atoms with Crippen LogP contribution in [-0.2, 0) is 0 Å². The predicted molar refractivity (Wildman–Crippen MR) is 133 cm³/mol. The third-order valence-corrected chi connectivity index (χ3v) is 9.90. The molecule has 2 fully saturated rings. The molecule has 2 aromatic rings. The Kier molecular flexibility index (Phi) is 6.35. The van der Waals surface area contributed by atoms with Crippen LogP contribution in [0.25, 0.3) is 0 Å². The molecule has 6 nitrogen and oxygen atoms in total. The van der Waals surface area contributed by atoms with Gasteiger partial charge in [0.15, 0.2) is 0 Å². The van der Waals surface area contributed by atoms with E-state index in [-0.39, 0.29) is 31.8 Å². The summed E-state index contributed by atoms with van der Waals surface area (Å²) in [5, 5.41) is 2.93. The maximum atomic E-state index is 13.6. The fourth-order valence-corrected chi connectivity index (χ4v) is 6.48. The number of alkyl halides is 2. The summed E-state index contributed by atoms with van der Waals surface area (Å²) in [4.78, 5) is 22.0. The number of carbonyl (C=O) groups excluding carboxylic acids is 1. The Bertz CT molecular complexity index is 1030. The van der Waals surface area contributed by atoms with E-state index in [9.17, 15) is 13.6 Å². The second kappa shape index (κ2) is 8.93. The van der Waals surface area contributed by atoms with E-state index in [1.807, 2.05) is 24.0 Å². The predicted octanol–water partition coefficient (Wildman–Crippen LogP) is 4.99. The summed E-state index contributed by atoms with van der Waals surface area (Å²) in [5.74, 6) is -1.83. The van der Waals surface area contributed by atoms with Crippen LogP contribution in [0.4, 0.5) is 31.8 Å². The zero-order valence-corrected chi connectivity index (χ0v) is 20.6. The largest absolute Gasteiger partial charge is 0.399 e. The second-order valence-electron chi connectivity index (χ2n) is 10.1. The average molecular weight is 474 g/mol. The summed E-state index contributed by atoms with van der Waals surface area (Å²) in [7, 11) is -1.16. The van der Waals surface area contributed by atoms with Gasteiger partial charge in [0.25, 0.3) is 11.8 Å². The zero-order valence-electron chi connectivity index (χ0n) is 19.6. The van der Waals surface area contributed by atoms with E-state index >= 15 is 0 Å². The van der Waals surface area contributed by atoms with Crippen molar-refractivity contribution in [3.8, 4) is 0 Å². The summed E-state index contributed by atoms with van der Waals surface area (Å²) in [6, 6.07) is 11.4. The molecule has 3 heterocycles. The molecule has 1 amide bonds. The van der Waals surface area contributed by atoms with E-state index in [0.717, 1.165) is 24.3 Å². The van der Waals surface area contributed by atoms with Gasteiger partial charge >= 0.3 is 0 Å². The number of nitrogens with zero attached hydrogens (tertiary/aromatic N) is 3. The number of carbonyl (C=O) groups is 1. The monoisotopic (exact) mass is 473 g/mol. The number of hydrogen-bond acceptors (Lipinski definition) is 5. The molecule has 0 radical (unpaired) electrons. The molecule has 2 aliphatic rings. The van der Waals surface area contributed by atoms with E-state index in [1.165, 1.54) is 12.1 Å². The van der Waals surface area contributed by atoms with Crippen molar-refractivity contribution in [2.75, 3.05) is 47.0 Å². The van der Waals surface area contributed by atoms with Crippen molar-refractivity contribution >= 4 is 37.0 Å². The number of nitrogen functional groups attached to an aromatic ring is 1. The number of anilines is 4. The first-order chi connectivity index (χ1) is 15.5. The molecule has 0 bridgehead atoms. The van der Waals surface area contributed by atoms with Crippen LogP contribution >= 0.6 is 0 Å². The van der Waals surface area contributed by atoms with Crippen molar-refractivity contribution in [3.05, 3.63) is 41.5 Å². The lowest BCUT2D eigenvalue weighted by Gasteiger charge is -2.45. The molecule has 33 heavy (non-hydrogen) atoms. The Morgan fingerprint density at radius 2 is 1.73 bits per heavy atom. The van der Waals surface area contributed by atoms with E-state index in [2.05, 4.69) is 28.3 Å². The maximum absolute atomic E-state index is 13.6. The fourth-order valence-electron chi connectivity index (χ4n) is 4.48. The van der Waals surface area contributed by atoms with Crippen LogP contribution in [0, 0.1) is 6.92 Å².